The van der Waals surface area contributed by atoms with Crippen molar-refractivity contribution in [3.8, 4) is 11.1 Å². The Morgan fingerprint density at radius 3 is 2.48 bits per heavy atom. The van der Waals surface area contributed by atoms with Gasteiger partial charge in [-0.05, 0) is 47.7 Å². The van der Waals surface area contributed by atoms with Crippen molar-refractivity contribution in [3.05, 3.63) is 47.7 Å². The minimum atomic E-state index is -4.47. The average Bonchev–Trinajstić information content (AvgIpc) is 3.38. The molecule has 0 saturated heterocycles. The summed E-state index contributed by atoms with van der Waals surface area (Å²) in [6.07, 6.45) is -1.29. The minimum Gasteiger partial charge on any atom is -0.326 e. The molecule has 3 rings (SSSR count). The van der Waals surface area contributed by atoms with E-state index in [0.717, 1.165) is 18.9 Å². The fraction of sp³-hybridized carbons (Fsp3) is 0.294. The van der Waals surface area contributed by atoms with Gasteiger partial charge in [-0.15, -0.1) is 12.4 Å². The van der Waals surface area contributed by atoms with Crippen molar-refractivity contribution in [2.24, 2.45) is 11.7 Å². The fourth-order valence-electron chi connectivity index (χ4n) is 2.45. The van der Waals surface area contributed by atoms with E-state index in [1.165, 1.54) is 12.3 Å². The van der Waals surface area contributed by atoms with Gasteiger partial charge in [0.25, 0.3) is 0 Å². The maximum absolute atomic E-state index is 13.2. The highest BCUT2D eigenvalue weighted by Gasteiger charge is 2.33. The number of nitrogens with zero attached hydrogens (tertiary/aromatic N) is 1. The number of hydrogen-bond acceptors (Lipinski definition) is 3. The molecule has 0 atom stereocenters. The number of anilines is 1. The summed E-state index contributed by atoms with van der Waals surface area (Å²) < 4.78 is 39.5. The highest BCUT2D eigenvalue weighted by molar-refractivity contribution is 5.93. The van der Waals surface area contributed by atoms with E-state index in [1.54, 1.807) is 18.2 Å². The van der Waals surface area contributed by atoms with Crippen LogP contribution in [0.2, 0.25) is 0 Å². The van der Waals surface area contributed by atoms with E-state index >= 15 is 0 Å². The van der Waals surface area contributed by atoms with Crippen molar-refractivity contribution >= 4 is 24.1 Å². The summed E-state index contributed by atoms with van der Waals surface area (Å²) in [6, 6.07) is 7.20. The minimum absolute atomic E-state index is 0. The third-order valence-corrected chi connectivity index (χ3v) is 3.93. The van der Waals surface area contributed by atoms with Gasteiger partial charge in [0.05, 0.1) is 5.56 Å². The first kappa shape index (κ1) is 19.2. The highest BCUT2D eigenvalue weighted by atomic mass is 35.5. The molecular formula is C17H17ClF3N3O. The topological polar surface area (TPSA) is 68.0 Å². The van der Waals surface area contributed by atoms with Gasteiger partial charge in [0.2, 0.25) is 5.91 Å². The Kier molecular flexibility index (Phi) is 5.69. The molecule has 0 unspecified atom stereocenters. The Labute approximate surface area is 149 Å². The Morgan fingerprint density at radius 1 is 1.20 bits per heavy atom. The Hall–Kier alpha value is -2.12. The van der Waals surface area contributed by atoms with Crippen LogP contribution >= 0.6 is 12.4 Å². The largest absolute Gasteiger partial charge is 0.416 e. The molecule has 1 fully saturated rings. The second kappa shape index (κ2) is 7.41. The van der Waals surface area contributed by atoms with Crippen LogP contribution in [0.3, 0.4) is 0 Å². The van der Waals surface area contributed by atoms with Gasteiger partial charge in [-0.2, -0.15) is 13.2 Å². The van der Waals surface area contributed by atoms with Crippen LogP contribution in [0.1, 0.15) is 24.0 Å². The van der Waals surface area contributed by atoms with E-state index in [-0.39, 0.29) is 36.3 Å². The van der Waals surface area contributed by atoms with E-state index in [0.29, 0.717) is 16.9 Å². The van der Waals surface area contributed by atoms with E-state index in [9.17, 15) is 18.0 Å². The Balaban J connectivity index is 0.00000225. The monoisotopic (exact) mass is 371 g/mol. The first-order valence-electron chi connectivity index (χ1n) is 7.56. The van der Waals surface area contributed by atoms with Gasteiger partial charge in [0, 0.05) is 18.7 Å². The van der Waals surface area contributed by atoms with E-state index in [4.69, 9.17) is 5.73 Å². The normalized spacial score (nSPS) is 13.9. The van der Waals surface area contributed by atoms with Gasteiger partial charge in [-0.25, -0.2) is 4.98 Å². The van der Waals surface area contributed by atoms with Crippen LogP contribution in [0, 0.1) is 5.92 Å². The first-order chi connectivity index (χ1) is 11.4. The van der Waals surface area contributed by atoms with Crippen molar-refractivity contribution in [2.45, 2.75) is 25.6 Å². The Bertz CT molecular complexity index is 776. The summed E-state index contributed by atoms with van der Waals surface area (Å²) in [6.45, 7) is -0.186. The van der Waals surface area contributed by atoms with Crippen molar-refractivity contribution in [1.29, 1.82) is 0 Å². The maximum Gasteiger partial charge on any atom is 0.416 e. The third-order valence-electron chi connectivity index (χ3n) is 3.93. The van der Waals surface area contributed by atoms with Crippen molar-refractivity contribution in [2.75, 3.05) is 5.32 Å². The molecule has 0 spiro atoms. The van der Waals surface area contributed by atoms with Gasteiger partial charge >= 0.3 is 6.18 Å². The smallest absolute Gasteiger partial charge is 0.326 e. The first-order valence-corrected chi connectivity index (χ1v) is 7.56. The van der Waals surface area contributed by atoms with Crippen LogP contribution in [0.5, 0.6) is 0 Å². The van der Waals surface area contributed by atoms with Crippen LogP contribution in [0.25, 0.3) is 11.1 Å². The lowest BCUT2D eigenvalue weighted by atomic mass is 9.99. The number of nitrogens with two attached hydrogens (primary N) is 1. The molecule has 1 aliphatic rings. The third kappa shape index (κ3) is 4.49. The van der Waals surface area contributed by atoms with Gasteiger partial charge < -0.3 is 11.1 Å². The van der Waals surface area contributed by atoms with Gasteiger partial charge in [-0.1, -0.05) is 12.1 Å². The molecular weight excluding hydrogens is 355 g/mol. The van der Waals surface area contributed by atoms with Crippen molar-refractivity contribution < 1.29 is 18.0 Å². The molecule has 1 heterocycles. The van der Waals surface area contributed by atoms with Crippen LogP contribution in [-0.2, 0) is 17.5 Å². The van der Waals surface area contributed by atoms with Gasteiger partial charge in [0.15, 0.2) is 0 Å². The fourth-order valence-corrected chi connectivity index (χ4v) is 2.45. The molecule has 0 bridgehead atoms. The van der Waals surface area contributed by atoms with E-state index < -0.39 is 11.7 Å². The molecule has 8 heteroatoms. The van der Waals surface area contributed by atoms with Crippen LogP contribution in [-0.4, -0.2) is 10.9 Å². The predicted molar refractivity (Wildman–Crippen MR) is 91.2 cm³/mol. The molecule has 1 aliphatic carbocycles. The van der Waals surface area contributed by atoms with E-state index in [1.807, 2.05) is 0 Å². The molecule has 0 radical (unpaired) electrons. The lowest BCUT2D eigenvalue weighted by Gasteiger charge is -2.14. The zero-order valence-corrected chi connectivity index (χ0v) is 14.0. The van der Waals surface area contributed by atoms with Gasteiger partial charge in [-0.3, -0.25) is 4.79 Å². The predicted octanol–water partition coefficient (Wildman–Crippen LogP) is 4.00. The molecule has 1 aromatic carbocycles. The molecule has 2 aromatic rings. The zero-order chi connectivity index (χ0) is 17.3. The number of carbonyl (C=O) groups is 1. The molecule has 25 heavy (non-hydrogen) atoms. The second-order valence-electron chi connectivity index (χ2n) is 5.77. The summed E-state index contributed by atoms with van der Waals surface area (Å²) in [7, 11) is 0. The lowest BCUT2D eigenvalue weighted by Crippen LogP contribution is -2.14. The standard InChI is InChI=1S/C17H16F3N3O.ClH/c18-17(19,20)14-7-11(3-4-13(14)9-21)12-5-6-22-15(8-12)23-16(24)10-1-2-10;/h3-8,10H,1-2,9,21H2,(H,22,23,24);1H. The van der Waals surface area contributed by atoms with E-state index in [2.05, 4.69) is 10.3 Å². The van der Waals surface area contributed by atoms with Crippen LogP contribution in [0.4, 0.5) is 19.0 Å². The summed E-state index contributed by atoms with van der Waals surface area (Å²) >= 11 is 0. The number of aromatic nitrogens is 1. The van der Waals surface area contributed by atoms with Gasteiger partial charge in [0.1, 0.15) is 5.82 Å². The number of hydrogen-bond donors (Lipinski definition) is 2. The summed E-state index contributed by atoms with van der Waals surface area (Å²) in [5, 5.41) is 2.69. The number of carbonyl (C=O) groups excluding carboxylic acids is 1. The molecule has 0 aliphatic heterocycles. The average molecular weight is 372 g/mol. The zero-order valence-electron chi connectivity index (χ0n) is 13.1. The molecule has 1 amide bonds. The number of rotatable bonds is 4. The molecule has 3 N–H and O–H groups in total. The summed E-state index contributed by atoms with van der Waals surface area (Å²) in [5.74, 6) is 0.256. The van der Waals surface area contributed by atoms with Crippen molar-refractivity contribution in [1.82, 2.24) is 4.98 Å². The number of pyridine rings is 1. The summed E-state index contributed by atoms with van der Waals surface area (Å²) in [5.41, 5.74) is 5.63. The molecule has 4 nitrogen and oxygen atoms in total. The van der Waals surface area contributed by atoms with Crippen LogP contribution < -0.4 is 11.1 Å². The molecule has 1 aromatic heterocycles. The summed E-state index contributed by atoms with van der Waals surface area (Å²) in [4.78, 5) is 15.8. The Morgan fingerprint density at radius 2 is 1.88 bits per heavy atom. The lowest BCUT2D eigenvalue weighted by molar-refractivity contribution is -0.138. The number of benzene rings is 1. The van der Waals surface area contributed by atoms with Crippen molar-refractivity contribution in [3.63, 3.8) is 0 Å². The quantitative estimate of drug-likeness (QED) is 0.853. The highest BCUT2D eigenvalue weighted by Crippen LogP contribution is 2.35. The maximum atomic E-state index is 13.2. The molecule has 134 valence electrons. The number of amides is 1. The number of halogens is 4. The van der Waals surface area contributed by atoms with Crippen LogP contribution in [0.15, 0.2) is 36.5 Å². The molecule has 1 saturated carbocycles. The number of nitrogens with one attached hydrogen (secondary N) is 1. The second-order valence-corrected chi connectivity index (χ2v) is 5.77. The number of alkyl halides is 3. The SMILES string of the molecule is Cl.NCc1ccc(-c2ccnc(NC(=O)C3CC3)c2)cc1C(F)(F)F.